The fourth-order valence-corrected chi connectivity index (χ4v) is 4.71. The van der Waals surface area contributed by atoms with Crippen LogP contribution in [0.25, 0.3) is 11.5 Å². The predicted octanol–water partition coefficient (Wildman–Crippen LogP) is 4.89. The summed E-state index contributed by atoms with van der Waals surface area (Å²) in [5.41, 5.74) is 1.20. The summed E-state index contributed by atoms with van der Waals surface area (Å²) in [4.78, 5) is 15.8. The Balaban J connectivity index is 1.46. The summed E-state index contributed by atoms with van der Waals surface area (Å²) in [6, 6.07) is 14.2. The fourth-order valence-electron chi connectivity index (χ4n) is 2.96. The van der Waals surface area contributed by atoms with E-state index in [9.17, 15) is 9.18 Å². The van der Waals surface area contributed by atoms with Crippen LogP contribution in [0.5, 0.6) is 0 Å². The Labute approximate surface area is 170 Å². The molecule has 0 fully saturated rings. The van der Waals surface area contributed by atoms with Crippen LogP contribution in [0.4, 0.5) is 10.1 Å². The summed E-state index contributed by atoms with van der Waals surface area (Å²) in [5, 5.41) is 8.52. The van der Waals surface area contributed by atoms with Crippen LogP contribution in [0, 0.1) is 5.82 Å². The highest BCUT2D eigenvalue weighted by atomic mass is 32.2. The second kappa shape index (κ2) is 8.36. The van der Waals surface area contributed by atoms with Gasteiger partial charge in [-0.15, -0.1) is 22.0 Å². The average Bonchev–Trinajstić information content (AvgIpc) is 3.09. The summed E-state index contributed by atoms with van der Waals surface area (Å²) in [5.74, 6) is -0.158. The normalized spacial score (nSPS) is 16.5. The first kappa shape index (κ1) is 19.0. The van der Waals surface area contributed by atoms with Gasteiger partial charge in [-0.3, -0.25) is 4.79 Å². The molecule has 1 aliphatic rings. The lowest BCUT2D eigenvalue weighted by molar-refractivity contribution is -0.116. The summed E-state index contributed by atoms with van der Waals surface area (Å²) in [7, 11) is 0. The molecule has 0 aliphatic carbocycles. The van der Waals surface area contributed by atoms with Crippen molar-refractivity contribution in [3.8, 4) is 11.5 Å². The lowest BCUT2D eigenvalue weighted by Crippen LogP contribution is -2.33. The number of thioether (sulfide) groups is 2. The number of benzene rings is 2. The van der Waals surface area contributed by atoms with Crippen molar-refractivity contribution in [1.82, 2.24) is 10.2 Å². The molecule has 2 aromatic carbocycles. The van der Waals surface area contributed by atoms with Gasteiger partial charge in [0, 0.05) is 16.7 Å². The molecule has 1 amide bonds. The second-order valence-corrected chi connectivity index (χ2v) is 8.78. The number of nitrogens with zero attached hydrogens (tertiary/aromatic N) is 3. The third-order valence-corrected chi connectivity index (χ3v) is 6.41. The molecule has 3 aromatic rings. The minimum absolute atomic E-state index is 0.0159. The molecule has 2 heterocycles. The topological polar surface area (TPSA) is 59.2 Å². The number of anilines is 1. The van der Waals surface area contributed by atoms with E-state index in [2.05, 4.69) is 17.1 Å². The lowest BCUT2D eigenvalue weighted by Gasteiger charge is -2.22. The predicted molar refractivity (Wildman–Crippen MR) is 109 cm³/mol. The first-order valence-electron chi connectivity index (χ1n) is 8.89. The molecule has 4 rings (SSSR count). The van der Waals surface area contributed by atoms with E-state index in [1.165, 1.54) is 17.8 Å². The van der Waals surface area contributed by atoms with Crippen molar-refractivity contribution in [3.05, 3.63) is 54.3 Å². The molecule has 5 nitrogen and oxygen atoms in total. The van der Waals surface area contributed by atoms with Crippen LogP contribution in [0.1, 0.15) is 13.3 Å². The van der Waals surface area contributed by atoms with Gasteiger partial charge >= 0.3 is 0 Å². The maximum absolute atomic E-state index is 13.9. The van der Waals surface area contributed by atoms with Gasteiger partial charge in [-0.1, -0.05) is 43.0 Å². The molecule has 0 N–H and O–H groups in total. The Bertz CT molecular complexity index is 995. The highest BCUT2D eigenvalue weighted by molar-refractivity contribution is 8.00. The zero-order chi connectivity index (χ0) is 19.5. The SMILES string of the molecule is C[C@@H]1CCN(C(=O)CSc2nnc(-c3ccccc3F)o2)c2ccccc2S1. The average molecular weight is 416 g/mol. The highest BCUT2D eigenvalue weighted by Crippen LogP contribution is 2.37. The van der Waals surface area contributed by atoms with Crippen LogP contribution < -0.4 is 4.90 Å². The number of hydrogen-bond acceptors (Lipinski definition) is 6. The largest absolute Gasteiger partial charge is 0.411 e. The van der Waals surface area contributed by atoms with Crippen LogP contribution in [0.2, 0.25) is 0 Å². The van der Waals surface area contributed by atoms with Gasteiger partial charge in [0.2, 0.25) is 5.91 Å². The first-order valence-corrected chi connectivity index (χ1v) is 10.8. The van der Waals surface area contributed by atoms with Gasteiger partial charge in [0.05, 0.1) is 17.0 Å². The standard InChI is InChI=1S/C20H18FN3O2S2/c1-13-10-11-24(16-8-4-5-9-17(16)28-13)18(25)12-27-20-23-22-19(26-20)14-6-2-3-7-15(14)21/h2-9,13H,10-12H2,1H3/t13-/m1/s1. The van der Waals surface area contributed by atoms with E-state index in [1.807, 2.05) is 29.2 Å². The number of carbonyl (C=O) groups is 1. The Morgan fingerprint density at radius 1 is 1.25 bits per heavy atom. The molecule has 144 valence electrons. The minimum Gasteiger partial charge on any atom is -0.411 e. The van der Waals surface area contributed by atoms with Crippen LogP contribution in [-0.2, 0) is 4.79 Å². The van der Waals surface area contributed by atoms with E-state index in [-0.39, 0.29) is 28.3 Å². The van der Waals surface area contributed by atoms with Gasteiger partial charge in [0.1, 0.15) is 5.82 Å². The van der Waals surface area contributed by atoms with Crippen molar-refractivity contribution in [2.75, 3.05) is 17.2 Å². The van der Waals surface area contributed by atoms with Gasteiger partial charge < -0.3 is 9.32 Å². The van der Waals surface area contributed by atoms with E-state index in [4.69, 9.17) is 4.42 Å². The number of carbonyl (C=O) groups excluding carboxylic acids is 1. The summed E-state index contributed by atoms with van der Waals surface area (Å²) in [6.07, 6.45) is 0.924. The quantitative estimate of drug-likeness (QED) is 0.566. The highest BCUT2D eigenvalue weighted by Gasteiger charge is 2.24. The number of hydrogen-bond donors (Lipinski definition) is 0. The molecule has 1 aromatic heterocycles. The van der Waals surface area contributed by atoms with Crippen molar-refractivity contribution in [3.63, 3.8) is 0 Å². The van der Waals surface area contributed by atoms with Crippen LogP contribution in [0.3, 0.4) is 0 Å². The molecule has 0 unspecified atom stereocenters. The molecule has 0 spiro atoms. The fraction of sp³-hybridized carbons (Fsp3) is 0.250. The zero-order valence-electron chi connectivity index (χ0n) is 15.2. The molecular weight excluding hydrogens is 397 g/mol. The lowest BCUT2D eigenvalue weighted by atomic mass is 10.2. The Morgan fingerprint density at radius 3 is 2.89 bits per heavy atom. The number of rotatable bonds is 4. The number of amides is 1. The van der Waals surface area contributed by atoms with Gasteiger partial charge in [0.25, 0.3) is 11.1 Å². The molecule has 1 atom stereocenters. The van der Waals surface area contributed by atoms with E-state index < -0.39 is 5.82 Å². The zero-order valence-corrected chi connectivity index (χ0v) is 16.8. The Morgan fingerprint density at radius 2 is 2.04 bits per heavy atom. The number of halogens is 1. The maximum Gasteiger partial charge on any atom is 0.277 e. The van der Waals surface area contributed by atoms with E-state index in [1.54, 1.807) is 30.0 Å². The monoisotopic (exact) mass is 415 g/mol. The number of aromatic nitrogens is 2. The molecule has 1 aliphatic heterocycles. The van der Waals surface area contributed by atoms with Crippen molar-refractivity contribution in [1.29, 1.82) is 0 Å². The molecule has 0 saturated carbocycles. The second-order valence-electron chi connectivity index (χ2n) is 6.37. The minimum atomic E-state index is -0.424. The van der Waals surface area contributed by atoms with Crippen molar-refractivity contribution in [2.24, 2.45) is 0 Å². The van der Waals surface area contributed by atoms with Gasteiger partial charge in [-0.05, 0) is 30.7 Å². The number of para-hydroxylation sites is 1. The third-order valence-electron chi connectivity index (χ3n) is 4.37. The Hall–Kier alpha value is -2.32. The number of fused-ring (bicyclic) bond motifs is 1. The molecule has 0 bridgehead atoms. The third kappa shape index (κ3) is 4.07. The molecule has 8 heteroatoms. The molecular formula is C20H18FN3O2S2. The summed E-state index contributed by atoms with van der Waals surface area (Å²) < 4.78 is 19.4. The van der Waals surface area contributed by atoms with Crippen molar-refractivity contribution < 1.29 is 13.6 Å². The van der Waals surface area contributed by atoms with E-state index in [0.717, 1.165) is 17.0 Å². The Kier molecular flexibility index (Phi) is 5.68. The van der Waals surface area contributed by atoms with Gasteiger partial charge in [-0.2, -0.15) is 0 Å². The smallest absolute Gasteiger partial charge is 0.277 e. The van der Waals surface area contributed by atoms with E-state index in [0.29, 0.717) is 11.8 Å². The molecule has 0 radical (unpaired) electrons. The first-order chi connectivity index (χ1) is 13.6. The molecule has 28 heavy (non-hydrogen) atoms. The van der Waals surface area contributed by atoms with Gasteiger partial charge in [-0.25, -0.2) is 4.39 Å². The summed E-state index contributed by atoms with van der Waals surface area (Å²) >= 11 is 2.96. The van der Waals surface area contributed by atoms with Crippen LogP contribution >= 0.6 is 23.5 Å². The van der Waals surface area contributed by atoms with Crippen molar-refractivity contribution in [2.45, 2.75) is 28.7 Å². The maximum atomic E-state index is 13.9. The van der Waals surface area contributed by atoms with Crippen LogP contribution in [0.15, 0.2) is 63.1 Å². The van der Waals surface area contributed by atoms with Crippen LogP contribution in [-0.4, -0.2) is 33.7 Å². The summed E-state index contributed by atoms with van der Waals surface area (Å²) in [6.45, 7) is 2.85. The van der Waals surface area contributed by atoms with Crippen molar-refractivity contribution >= 4 is 35.1 Å². The van der Waals surface area contributed by atoms with Gasteiger partial charge in [0.15, 0.2) is 0 Å². The molecule has 0 saturated heterocycles. The van der Waals surface area contributed by atoms with E-state index >= 15 is 0 Å².